The van der Waals surface area contributed by atoms with E-state index in [9.17, 15) is 0 Å². The summed E-state index contributed by atoms with van der Waals surface area (Å²) in [5, 5.41) is 0. The van der Waals surface area contributed by atoms with Crippen LogP contribution in [0.5, 0.6) is 0 Å². The Kier molecular flexibility index (Phi) is 11.2. The maximum absolute atomic E-state index is 5.67. The van der Waals surface area contributed by atoms with Crippen LogP contribution >= 0.6 is 0 Å². The van der Waals surface area contributed by atoms with E-state index in [4.69, 9.17) is 18.9 Å². The van der Waals surface area contributed by atoms with Gasteiger partial charge in [0, 0.05) is 13.2 Å². The van der Waals surface area contributed by atoms with E-state index in [0.29, 0.717) is 26.4 Å². The van der Waals surface area contributed by atoms with E-state index in [1.807, 2.05) is 27.7 Å². The van der Waals surface area contributed by atoms with E-state index in [2.05, 4.69) is 0 Å². The summed E-state index contributed by atoms with van der Waals surface area (Å²) in [6.07, 6.45) is 0.211. The van der Waals surface area contributed by atoms with Crippen LogP contribution in [0.1, 0.15) is 27.7 Å². The Labute approximate surface area is 99.2 Å². The minimum atomic E-state index is 0.0945. The highest BCUT2D eigenvalue weighted by atomic mass is 16.6. The summed E-state index contributed by atoms with van der Waals surface area (Å²) in [7, 11) is 0. The smallest absolute Gasteiger partial charge is 0.0785 e. The highest BCUT2D eigenvalue weighted by Gasteiger charge is 2.08. The molecule has 0 amide bonds. The van der Waals surface area contributed by atoms with Crippen molar-refractivity contribution in [2.24, 2.45) is 0 Å². The molecule has 0 saturated heterocycles. The van der Waals surface area contributed by atoms with E-state index in [1.165, 1.54) is 0 Å². The summed E-state index contributed by atoms with van der Waals surface area (Å²) in [6, 6.07) is 0. The quantitative estimate of drug-likeness (QED) is 0.511. The van der Waals surface area contributed by atoms with E-state index < -0.39 is 0 Å². The molecule has 0 aliphatic rings. The fraction of sp³-hybridized carbons (Fsp3) is 1.00. The van der Waals surface area contributed by atoms with Gasteiger partial charge < -0.3 is 18.9 Å². The first-order valence-electron chi connectivity index (χ1n) is 6.09. The molecule has 2 atom stereocenters. The van der Waals surface area contributed by atoms with E-state index in [-0.39, 0.29) is 12.2 Å². The zero-order valence-corrected chi connectivity index (χ0v) is 11.0. The zero-order valence-electron chi connectivity index (χ0n) is 11.0. The lowest BCUT2D eigenvalue weighted by atomic mass is 10.4. The lowest BCUT2D eigenvalue weighted by Gasteiger charge is -2.19. The minimum absolute atomic E-state index is 0.0945. The molecule has 0 aromatic rings. The second-order valence-corrected chi connectivity index (χ2v) is 3.69. The van der Waals surface area contributed by atoms with E-state index >= 15 is 0 Å². The van der Waals surface area contributed by atoms with Gasteiger partial charge in [-0.15, -0.1) is 0 Å². The molecule has 0 aromatic heterocycles. The van der Waals surface area contributed by atoms with Crippen LogP contribution in [0.15, 0.2) is 0 Å². The molecule has 0 aromatic carbocycles. The molecule has 0 bridgehead atoms. The number of hydrogen-bond acceptors (Lipinski definition) is 4. The molecule has 0 spiro atoms. The third kappa shape index (κ3) is 10.4. The van der Waals surface area contributed by atoms with Gasteiger partial charge in [-0.1, -0.05) is 0 Å². The monoisotopic (exact) mass is 234 g/mol. The Morgan fingerprint density at radius 2 is 1.25 bits per heavy atom. The van der Waals surface area contributed by atoms with E-state index in [1.54, 1.807) is 0 Å². The lowest BCUT2D eigenvalue weighted by Crippen LogP contribution is -2.25. The summed E-state index contributed by atoms with van der Waals surface area (Å²) in [5.74, 6) is 0. The van der Waals surface area contributed by atoms with Crippen LogP contribution < -0.4 is 0 Å². The molecule has 0 heterocycles. The van der Waals surface area contributed by atoms with Gasteiger partial charge in [-0.05, 0) is 27.7 Å². The molecule has 0 aliphatic heterocycles. The molecule has 4 heteroatoms. The van der Waals surface area contributed by atoms with Crippen molar-refractivity contribution in [3.63, 3.8) is 0 Å². The highest BCUT2D eigenvalue weighted by molar-refractivity contribution is 4.53. The molecule has 4 nitrogen and oxygen atoms in total. The van der Waals surface area contributed by atoms with Crippen molar-refractivity contribution in [1.82, 2.24) is 0 Å². The number of hydrogen-bond donors (Lipinski definition) is 0. The van der Waals surface area contributed by atoms with Gasteiger partial charge in [0.2, 0.25) is 0 Å². The summed E-state index contributed by atoms with van der Waals surface area (Å²) in [5.41, 5.74) is 0. The molecule has 0 N–H and O–H groups in total. The highest BCUT2D eigenvalue weighted by Crippen LogP contribution is 1.99. The number of ether oxygens (including phenoxy) is 4. The molecular formula is C12H26O4. The molecule has 0 radical (unpaired) electrons. The van der Waals surface area contributed by atoms with Gasteiger partial charge in [0.1, 0.15) is 0 Å². The maximum atomic E-state index is 5.67. The molecule has 0 rings (SSSR count). The average molecular weight is 234 g/mol. The van der Waals surface area contributed by atoms with Crippen molar-refractivity contribution in [2.75, 3.05) is 39.6 Å². The van der Waals surface area contributed by atoms with Gasteiger partial charge in [-0.2, -0.15) is 0 Å². The van der Waals surface area contributed by atoms with Crippen LogP contribution in [0.25, 0.3) is 0 Å². The zero-order chi connectivity index (χ0) is 12.2. The Hall–Kier alpha value is -0.160. The molecular weight excluding hydrogens is 208 g/mol. The molecule has 16 heavy (non-hydrogen) atoms. The van der Waals surface area contributed by atoms with Crippen molar-refractivity contribution >= 4 is 0 Å². The normalized spacial score (nSPS) is 15.0. The van der Waals surface area contributed by atoms with Crippen molar-refractivity contribution in [1.29, 1.82) is 0 Å². The fourth-order valence-corrected chi connectivity index (χ4v) is 1.27. The SMILES string of the molecule is CCOCCOCC(C)OC(C)COCC. The summed E-state index contributed by atoms with van der Waals surface area (Å²) in [4.78, 5) is 0. The molecule has 0 fully saturated rings. The topological polar surface area (TPSA) is 36.9 Å². The van der Waals surface area contributed by atoms with Gasteiger partial charge in [0.25, 0.3) is 0 Å². The predicted octanol–water partition coefficient (Wildman–Crippen LogP) is 1.87. The van der Waals surface area contributed by atoms with Crippen LogP contribution in [0.4, 0.5) is 0 Å². The lowest BCUT2D eigenvalue weighted by molar-refractivity contribution is -0.0740. The average Bonchev–Trinajstić information content (AvgIpc) is 2.26. The van der Waals surface area contributed by atoms with Crippen molar-refractivity contribution in [3.8, 4) is 0 Å². The van der Waals surface area contributed by atoms with Crippen molar-refractivity contribution < 1.29 is 18.9 Å². The van der Waals surface area contributed by atoms with Gasteiger partial charge in [0.15, 0.2) is 0 Å². The Bertz CT molecular complexity index is 141. The summed E-state index contributed by atoms with van der Waals surface area (Å²) >= 11 is 0. The van der Waals surface area contributed by atoms with E-state index in [0.717, 1.165) is 13.2 Å². The Morgan fingerprint density at radius 1 is 0.750 bits per heavy atom. The van der Waals surface area contributed by atoms with Gasteiger partial charge in [-0.3, -0.25) is 0 Å². The minimum Gasteiger partial charge on any atom is -0.379 e. The fourth-order valence-electron chi connectivity index (χ4n) is 1.27. The van der Waals surface area contributed by atoms with Crippen LogP contribution in [0.2, 0.25) is 0 Å². The van der Waals surface area contributed by atoms with Gasteiger partial charge in [-0.25, -0.2) is 0 Å². The first-order chi connectivity index (χ1) is 7.70. The van der Waals surface area contributed by atoms with Crippen LogP contribution in [-0.4, -0.2) is 51.8 Å². The second-order valence-electron chi connectivity index (χ2n) is 3.69. The standard InChI is InChI=1S/C12H26O4/c1-5-13-7-8-15-10-12(4)16-11(3)9-14-6-2/h11-12H,5-10H2,1-4H3. The predicted molar refractivity (Wildman–Crippen MR) is 63.8 cm³/mol. The van der Waals surface area contributed by atoms with Crippen molar-refractivity contribution in [2.45, 2.75) is 39.9 Å². The third-order valence-corrected chi connectivity index (χ3v) is 1.95. The Balaban J connectivity index is 3.32. The first kappa shape index (κ1) is 15.8. The van der Waals surface area contributed by atoms with Crippen LogP contribution in [0.3, 0.4) is 0 Å². The molecule has 2 unspecified atom stereocenters. The molecule has 0 saturated carbocycles. The Morgan fingerprint density at radius 3 is 1.81 bits per heavy atom. The van der Waals surface area contributed by atoms with Crippen LogP contribution in [-0.2, 0) is 18.9 Å². The molecule has 98 valence electrons. The van der Waals surface area contributed by atoms with Crippen molar-refractivity contribution in [3.05, 3.63) is 0 Å². The number of rotatable bonds is 11. The second kappa shape index (κ2) is 11.3. The summed E-state index contributed by atoms with van der Waals surface area (Å²) < 4.78 is 21.5. The van der Waals surface area contributed by atoms with Crippen LogP contribution in [0, 0.1) is 0 Å². The first-order valence-corrected chi connectivity index (χ1v) is 6.09. The maximum Gasteiger partial charge on any atom is 0.0785 e. The largest absolute Gasteiger partial charge is 0.379 e. The third-order valence-electron chi connectivity index (χ3n) is 1.95. The summed E-state index contributed by atoms with van der Waals surface area (Å²) in [6.45, 7) is 11.9. The van der Waals surface area contributed by atoms with Gasteiger partial charge in [0.05, 0.1) is 38.6 Å². The van der Waals surface area contributed by atoms with Gasteiger partial charge >= 0.3 is 0 Å². The molecule has 0 aliphatic carbocycles.